The number of thioether (sulfide) groups is 1. The second kappa shape index (κ2) is 8.03. The molecule has 2 rings (SSSR count). The molecule has 0 aliphatic carbocycles. The van der Waals surface area contributed by atoms with Gasteiger partial charge in [0.1, 0.15) is 5.69 Å². The van der Waals surface area contributed by atoms with Crippen molar-refractivity contribution >= 4 is 55.4 Å². The molecule has 23 heavy (non-hydrogen) atoms. The van der Waals surface area contributed by atoms with Gasteiger partial charge in [0.05, 0.1) is 5.75 Å². The summed E-state index contributed by atoms with van der Waals surface area (Å²) in [5.41, 5.74) is 7.35. The lowest BCUT2D eigenvalue weighted by Gasteiger charge is -2.09. The van der Waals surface area contributed by atoms with Crippen LogP contribution in [0, 0.1) is 13.8 Å². The molecule has 0 aliphatic rings. The first-order chi connectivity index (χ1) is 10.9. The third kappa shape index (κ3) is 5.12. The highest BCUT2D eigenvalue weighted by Crippen LogP contribution is 2.28. The molecule has 0 aliphatic heterocycles. The number of hydrogen-bond donors (Lipinski definition) is 3. The molecule has 0 saturated heterocycles. The van der Waals surface area contributed by atoms with Crippen LogP contribution in [0.4, 0.5) is 0 Å². The number of carbonyl (C=O) groups excluding carboxylic acids is 2. The standard InChI is InChI=1S/C15H15Br2N3O2S/c1-8-4-13(9(2)3-11(8)17)23-7-14(21)19-20-15(22)12-5-10(16)6-18-12/h3-6,18H,7H2,1-2H3,(H,19,21)(H,20,22). The van der Waals surface area contributed by atoms with E-state index in [1.54, 1.807) is 12.3 Å². The van der Waals surface area contributed by atoms with Crippen LogP contribution in [0.3, 0.4) is 0 Å². The van der Waals surface area contributed by atoms with Gasteiger partial charge in [-0.05, 0) is 59.1 Å². The van der Waals surface area contributed by atoms with E-state index in [4.69, 9.17) is 0 Å². The molecule has 0 saturated carbocycles. The topological polar surface area (TPSA) is 74.0 Å². The third-order valence-electron chi connectivity index (χ3n) is 3.02. The molecule has 2 amide bonds. The highest BCUT2D eigenvalue weighted by molar-refractivity contribution is 9.10. The van der Waals surface area contributed by atoms with E-state index in [9.17, 15) is 9.59 Å². The van der Waals surface area contributed by atoms with Crippen molar-refractivity contribution in [1.29, 1.82) is 0 Å². The maximum Gasteiger partial charge on any atom is 0.286 e. The minimum atomic E-state index is -0.398. The number of amides is 2. The quantitative estimate of drug-likeness (QED) is 0.481. The van der Waals surface area contributed by atoms with E-state index in [2.05, 4.69) is 47.7 Å². The molecule has 1 heterocycles. The molecule has 0 unspecified atom stereocenters. The normalized spacial score (nSPS) is 10.4. The van der Waals surface area contributed by atoms with Crippen molar-refractivity contribution in [1.82, 2.24) is 15.8 Å². The molecular formula is C15H15Br2N3O2S. The second-order valence-electron chi connectivity index (χ2n) is 4.89. The molecule has 0 fully saturated rings. The first kappa shape index (κ1) is 18.1. The Bertz CT molecular complexity index is 746. The summed E-state index contributed by atoms with van der Waals surface area (Å²) in [6, 6.07) is 5.69. The van der Waals surface area contributed by atoms with Gasteiger partial charge in [-0.25, -0.2) is 0 Å². The molecule has 0 radical (unpaired) electrons. The number of benzene rings is 1. The zero-order valence-corrected chi connectivity index (χ0v) is 16.5. The summed E-state index contributed by atoms with van der Waals surface area (Å²) in [6.45, 7) is 4.00. The number of aryl methyl sites for hydroxylation is 2. The monoisotopic (exact) mass is 459 g/mol. The molecule has 0 atom stereocenters. The summed E-state index contributed by atoms with van der Waals surface area (Å²) in [7, 11) is 0. The molecule has 5 nitrogen and oxygen atoms in total. The number of aromatic nitrogens is 1. The minimum Gasteiger partial charge on any atom is -0.356 e. The zero-order chi connectivity index (χ0) is 17.0. The van der Waals surface area contributed by atoms with Crippen LogP contribution in [-0.4, -0.2) is 22.6 Å². The van der Waals surface area contributed by atoms with Crippen molar-refractivity contribution in [2.24, 2.45) is 0 Å². The van der Waals surface area contributed by atoms with Crippen LogP contribution in [0.5, 0.6) is 0 Å². The summed E-state index contributed by atoms with van der Waals surface area (Å²) < 4.78 is 1.82. The third-order valence-corrected chi connectivity index (χ3v) is 5.49. The lowest BCUT2D eigenvalue weighted by atomic mass is 10.2. The zero-order valence-electron chi connectivity index (χ0n) is 12.5. The van der Waals surface area contributed by atoms with Gasteiger partial charge in [0, 0.05) is 20.0 Å². The van der Waals surface area contributed by atoms with Gasteiger partial charge in [0.2, 0.25) is 5.91 Å². The van der Waals surface area contributed by atoms with Gasteiger partial charge in [-0.3, -0.25) is 20.4 Å². The van der Waals surface area contributed by atoms with Gasteiger partial charge in [-0.1, -0.05) is 15.9 Å². The van der Waals surface area contributed by atoms with E-state index in [1.165, 1.54) is 11.8 Å². The van der Waals surface area contributed by atoms with Crippen LogP contribution < -0.4 is 10.9 Å². The molecule has 122 valence electrons. The number of halogens is 2. The van der Waals surface area contributed by atoms with Crippen LogP contribution in [0.1, 0.15) is 21.6 Å². The average molecular weight is 461 g/mol. The summed E-state index contributed by atoms with van der Waals surface area (Å²) >= 11 is 8.16. The Morgan fingerprint density at radius 3 is 2.52 bits per heavy atom. The number of aromatic amines is 1. The molecule has 1 aromatic carbocycles. The van der Waals surface area contributed by atoms with Crippen molar-refractivity contribution in [3.05, 3.63) is 50.2 Å². The number of H-pyrrole nitrogens is 1. The van der Waals surface area contributed by atoms with Crippen LogP contribution in [0.15, 0.2) is 38.2 Å². The lowest BCUT2D eigenvalue weighted by Crippen LogP contribution is -2.42. The fraction of sp³-hybridized carbons (Fsp3) is 0.200. The van der Waals surface area contributed by atoms with Crippen molar-refractivity contribution in [3.63, 3.8) is 0 Å². The molecular weight excluding hydrogens is 446 g/mol. The summed E-state index contributed by atoms with van der Waals surface area (Å²) in [5, 5.41) is 0. The molecule has 1 aromatic heterocycles. The van der Waals surface area contributed by atoms with E-state index >= 15 is 0 Å². The van der Waals surface area contributed by atoms with Crippen molar-refractivity contribution in [2.75, 3.05) is 5.75 Å². The fourth-order valence-electron chi connectivity index (χ4n) is 1.78. The Balaban J connectivity index is 1.84. The van der Waals surface area contributed by atoms with E-state index in [1.807, 2.05) is 26.0 Å². The summed E-state index contributed by atoms with van der Waals surface area (Å²) in [4.78, 5) is 27.5. The molecule has 0 spiro atoms. The van der Waals surface area contributed by atoms with E-state index < -0.39 is 5.91 Å². The van der Waals surface area contributed by atoms with E-state index in [0.717, 1.165) is 25.0 Å². The van der Waals surface area contributed by atoms with E-state index in [-0.39, 0.29) is 11.7 Å². The molecule has 2 aromatic rings. The number of carbonyl (C=O) groups is 2. The Labute approximate surface area is 155 Å². The molecule has 8 heteroatoms. The second-order valence-corrected chi connectivity index (χ2v) is 7.68. The summed E-state index contributed by atoms with van der Waals surface area (Å²) in [5.74, 6) is -0.449. The Hall–Kier alpha value is -1.25. The highest BCUT2D eigenvalue weighted by Gasteiger charge is 2.10. The largest absolute Gasteiger partial charge is 0.356 e. The first-order valence-electron chi connectivity index (χ1n) is 6.69. The lowest BCUT2D eigenvalue weighted by molar-refractivity contribution is -0.119. The predicted octanol–water partition coefficient (Wildman–Crippen LogP) is 3.71. The number of hydrogen-bond acceptors (Lipinski definition) is 3. The van der Waals surface area contributed by atoms with Gasteiger partial charge >= 0.3 is 0 Å². The van der Waals surface area contributed by atoms with Crippen LogP contribution in [0.2, 0.25) is 0 Å². The van der Waals surface area contributed by atoms with Crippen molar-refractivity contribution in [2.45, 2.75) is 18.7 Å². The molecule has 0 bridgehead atoms. The maximum atomic E-state index is 11.8. The fourth-order valence-corrected chi connectivity index (χ4v) is 3.49. The Kier molecular flexibility index (Phi) is 6.32. The SMILES string of the molecule is Cc1cc(SCC(=O)NNC(=O)c2cc(Br)c[nH]2)c(C)cc1Br. The van der Waals surface area contributed by atoms with Gasteiger partial charge < -0.3 is 4.98 Å². The van der Waals surface area contributed by atoms with Crippen LogP contribution in [0.25, 0.3) is 0 Å². The predicted molar refractivity (Wildman–Crippen MR) is 98.4 cm³/mol. The van der Waals surface area contributed by atoms with Gasteiger partial charge in [-0.15, -0.1) is 11.8 Å². The van der Waals surface area contributed by atoms with Crippen LogP contribution >= 0.6 is 43.6 Å². The Morgan fingerprint density at radius 1 is 1.13 bits per heavy atom. The average Bonchev–Trinajstić information content (AvgIpc) is 2.93. The van der Waals surface area contributed by atoms with Gasteiger partial charge in [-0.2, -0.15) is 0 Å². The maximum absolute atomic E-state index is 11.8. The van der Waals surface area contributed by atoms with Gasteiger partial charge in [0.15, 0.2) is 0 Å². The number of nitrogens with one attached hydrogen (secondary N) is 3. The van der Waals surface area contributed by atoms with Crippen LogP contribution in [-0.2, 0) is 4.79 Å². The number of hydrazine groups is 1. The molecule has 3 N–H and O–H groups in total. The minimum absolute atomic E-state index is 0.219. The summed E-state index contributed by atoms with van der Waals surface area (Å²) in [6.07, 6.45) is 1.64. The van der Waals surface area contributed by atoms with E-state index in [0.29, 0.717) is 5.69 Å². The smallest absolute Gasteiger partial charge is 0.286 e. The van der Waals surface area contributed by atoms with Gasteiger partial charge in [0.25, 0.3) is 5.91 Å². The number of rotatable bonds is 4. The highest BCUT2D eigenvalue weighted by atomic mass is 79.9. The van der Waals surface area contributed by atoms with Crippen molar-refractivity contribution < 1.29 is 9.59 Å². The first-order valence-corrected chi connectivity index (χ1v) is 9.26. The van der Waals surface area contributed by atoms with Crippen molar-refractivity contribution in [3.8, 4) is 0 Å². The Morgan fingerprint density at radius 2 is 1.87 bits per heavy atom.